The third kappa shape index (κ3) is 4.14. The molecule has 2 aliphatic rings. The Kier molecular flexibility index (Phi) is 5.68. The monoisotopic (exact) mass is 460 g/mol. The number of rotatable bonds is 4. The molecule has 2 aliphatic heterocycles. The minimum absolute atomic E-state index is 0.114. The van der Waals surface area contributed by atoms with Gasteiger partial charge in [0.15, 0.2) is 5.13 Å². The van der Waals surface area contributed by atoms with Gasteiger partial charge in [-0.05, 0) is 37.1 Å². The summed E-state index contributed by atoms with van der Waals surface area (Å²) in [5.41, 5.74) is 2.99. The number of amides is 3. The zero-order valence-electron chi connectivity index (χ0n) is 18.4. The highest BCUT2D eigenvalue weighted by Gasteiger charge is 2.36. The predicted octanol–water partition coefficient (Wildman–Crippen LogP) is 3.60. The lowest BCUT2D eigenvalue weighted by atomic mass is 10.0. The van der Waals surface area contributed by atoms with Crippen LogP contribution in [0, 0.1) is 6.92 Å². The van der Waals surface area contributed by atoms with Crippen molar-refractivity contribution >= 4 is 34.2 Å². The van der Waals surface area contributed by atoms with Crippen molar-refractivity contribution < 1.29 is 14.4 Å². The van der Waals surface area contributed by atoms with Gasteiger partial charge in [-0.2, -0.15) is 0 Å². The number of thiazole rings is 1. The standard InChI is InChI=1S/C25H24N4O3S/c1-17-16-33-25(26-17)28-11-5-10-27(12-13-28)22(30)19-8-9-20-21(14-19)24(32)29(23(20)31)15-18-6-3-2-4-7-18/h2-4,6-9,14,16H,5,10-13,15H2,1H3. The van der Waals surface area contributed by atoms with E-state index in [-0.39, 0.29) is 24.3 Å². The van der Waals surface area contributed by atoms with Crippen LogP contribution in [0.1, 0.15) is 48.8 Å². The highest BCUT2D eigenvalue weighted by atomic mass is 32.1. The van der Waals surface area contributed by atoms with Crippen LogP contribution in [0.4, 0.5) is 5.13 Å². The summed E-state index contributed by atoms with van der Waals surface area (Å²) in [5, 5.41) is 3.02. The van der Waals surface area contributed by atoms with Crippen molar-refractivity contribution in [1.29, 1.82) is 0 Å². The van der Waals surface area contributed by atoms with Gasteiger partial charge in [0.05, 0.1) is 23.4 Å². The summed E-state index contributed by atoms with van der Waals surface area (Å²) in [4.78, 5) is 48.9. The molecule has 3 aromatic rings. The molecule has 5 rings (SSSR count). The van der Waals surface area contributed by atoms with Crippen molar-refractivity contribution in [3.8, 4) is 0 Å². The van der Waals surface area contributed by atoms with Gasteiger partial charge < -0.3 is 9.80 Å². The number of nitrogens with zero attached hydrogens (tertiary/aromatic N) is 4. The van der Waals surface area contributed by atoms with E-state index in [1.54, 1.807) is 29.5 Å². The number of fused-ring (bicyclic) bond motifs is 1. The Balaban J connectivity index is 1.31. The third-order valence-electron chi connectivity index (χ3n) is 6.06. The molecule has 0 N–H and O–H groups in total. The molecule has 0 atom stereocenters. The van der Waals surface area contributed by atoms with Crippen LogP contribution in [-0.4, -0.2) is 58.7 Å². The summed E-state index contributed by atoms with van der Waals surface area (Å²) < 4.78 is 0. The number of aromatic nitrogens is 1. The molecule has 168 valence electrons. The average Bonchev–Trinajstić information content (AvgIpc) is 3.24. The topological polar surface area (TPSA) is 73.8 Å². The Hall–Kier alpha value is -3.52. The summed E-state index contributed by atoms with van der Waals surface area (Å²) in [5.74, 6) is -0.784. The summed E-state index contributed by atoms with van der Waals surface area (Å²) in [6.07, 6.45) is 0.845. The maximum absolute atomic E-state index is 13.2. The molecule has 1 aromatic heterocycles. The summed E-state index contributed by atoms with van der Waals surface area (Å²) >= 11 is 1.62. The normalized spacial score (nSPS) is 16.2. The van der Waals surface area contributed by atoms with E-state index in [4.69, 9.17) is 0 Å². The zero-order valence-corrected chi connectivity index (χ0v) is 19.2. The largest absolute Gasteiger partial charge is 0.346 e. The van der Waals surface area contributed by atoms with Crippen LogP contribution in [0.15, 0.2) is 53.9 Å². The SMILES string of the molecule is Cc1csc(N2CCCN(C(=O)c3ccc4c(c3)C(=O)N(Cc3ccccc3)C4=O)CC2)n1. The van der Waals surface area contributed by atoms with Crippen molar-refractivity contribution in [2.75, 3.05) is 31.1 Å². The van der Waals surface area contributed by atoms with Gasteiger partial charge in [-0.3, -0.25) is 19.3 Å². The van der Waals surface area contributed by atoms with Gasteiger partial charge in [0.1, 0.15) is 0 Å². The average molecular weight is 461 g/mol. The van der Waals surface area contributed by atoms with E-state index < -0.39 is 0 Å². The molecule has 0 spiro atoms. The summed E-state index contributed by atoms with van der Waals surface area (Å²) in [6, 6.07) is 14.3. The van der Waals surface area contributed by atoms with Crippen LogP contribution in [-0.2, 0) is 6.54 Å². The molecule has 0 radical (unpaired) electrons. The molecule has 3 heterocycles. The van der Waals surface area contributed by atoms with Gasteiger partial charge >= 0.3 is 0 Å². The van der Waals surface area contributed by atoms with Gasteiger partial charge in [-0.25, -0.2) is 4.98 Å². The minimum atomic E-state index is -0.352. The maximum atomic E-state index is 13.2. The lowest BCUT2D eigenvalue weighted by Gasteiger charge is -2.22. The first kappa shape index (κ1) is 21.3. The molecule has 1 saturated heterocycles. The fraction of sp³-hybridized carbons (Fsp3) is 0.280. The van der Waals surface area contributed by atoms with Crippen LogP contribution in [0.5, 0.6) is 0 Å². The Morgan fingerprint density at radius 3 is 2.52 bits per heavy atom. The molecule has 2 aromatic carbocycles. The summed E-state index contributed by atoms with van der Waals surface area (Å²) in [6.45, 7) is 4.99. The molecule has 0 saturated carbocycles. The van der Waals surface area contributed by atoms with E-state index in [2.05, 4.69) is 9.88 Å². The quantitative estimate of drug-likeness (QED) is 0.556. The first-order valence-corrected chi connectivity index (χ1v) is 11.9. The molecular formula is C25H24N4O3S. The Morgan fingerprint density at radius 1 is 0.970 bits per heavy atom. The van der Waals surface area contributed by atoms with Gasteiger partial charge in [0.25, 0.3) is 17.7 Å². The van der Waals surface area contributed by atoms with Crippen LogP contribution in [0.3, 0.4) is 0 Å². The van der Waals surface area contributed by atoms with Gasteiger partial charge in [-0.1, -0.05) is 30.3 Å². The molecule has 7 nitrogen and oxygen atoms in total. The molecule has 0 bridgehead atoms. The van der Waals surface area contributed by atoms with Crippen LogP contribution < -0.4 is 4.90 Å². The van der Waals surface area contributed by atoms with Crippen molar-refractivity contribution in [3.05, 3.63) is 81.9 Å². The second kappa shape index (κ2) is 8.78. The van der Waals surface area contributed by atoms with Crippen molar-refractivity contribution in [2.45, 2.75) is 19.9 Å². The zero-order chi connectivity index (χ0) is 22.9. The van der Waals surface area contributed by atoms with E-state index >= 15 is 0 Å². The molecule has 33 heavy (non-hydrogen) atoms. The lowest BCUT2D eigenvalue weighted by molar-refractivity contribution is 0.0642. The van der Waals surface area contributed by atoms with Crippen LogP contribution in [0.2, 0.25) is 0 Å². The van der Waals surface area contributed by atoms with E-state index in [9.17, 15) is 14.4 Å². The van der Waals surface area contributed by atoms with E-state index in [0.717, 1.165) is 29.4 Å². The molecule has 1 fully saturated rings. The van der Waals surface area contributed by atoms with E-state index in [1.807, 2.05) is 47.5 Å². The van der Waals surface area contributed by atoms with E-state index in [0.29, 0.717) is 36.3 Å². The molecule has 0 unspecified atom stereocenters. The molecule has 8 heteroatoms. The van der Waals surface area contributed by atoms with Crippen molar-refractivity contribution in [3.63, 3.8) is 0 Å². The second-order valence-corrected chi connectivity index (χ2v) is 9.18. The van der Waals surface area contributed by atoms with Crippen molar-refractivity contribution in [2.24, 2.45) is 0 Å². The number of hydrogen-bond acceptors (Lipinski definition) is 6. The smallest absolute Gasteiger partial charge is 0.261 e. The van der Waals surface area contributed by atoms with Gasteiger partial charge in [-0.15, -0.1) is 11.3 Å². The van der Waals surface area contributed by atoms with E-state index in [1.165, 1.54) is 4.90 Å². The Labute approximate surface area is 196 Å². The van der Waals surface area contributed by atoms with Crippen molar-refractivity contribution in [1.82, 2.24) is 14.8 Å². The number of hydrogen-bond donors (Lipinski definition) is 0. The number of carbonyl (C=O) groups excluding carboxylic acids is 3. The highest BCUT2D eigenvalue weighted by Crippen LogP contribution is 2.27. The van der Waals surface area contributed by atoms with Crippen LogP contribution >= 0.6 is 11.3 Å². The molecular weight excluding hydrogens is 436 g/mol. The number of carbonyl (C=O) groups is 3. The number of aryl methyl sites for hydroxylation is 1. The fourth-order valence-electron chi connectivity index (χ4n) is 4.31. The number of benzene rings is 2. The lowest BCUT2D eigenvalue weighted by Crippen LogP contribution is -2.35. The minimum Gasteiger partial charge on any atom is -0.346 e. The first-order chi connectivity index (χ1) is 16.0. The van der Waals surface area contributed by atoms with Crippen LogP contribution in [0.25, 0.3) is 0 Å². The number of imide groups is 1. The third-order valence-corrected chi connectivity index (χ3v) is 7.08. The number of anilines is 1. The molecule has 3 amide bonds. The van der Waals surface area contributed by atoms with Gasteiger partial charge in [0, 0.05) is 37.1 Å². The Bertz CT molecular complexity index is 1220. The summed E-state index contributed by atoms with van der Waals surface area (Å²) in [7, 11) is 0. The van der Waals surface area contributed by atoms with Gasteiger partial charge in [0.2, 0.25) is 0 Å². The first-order valence-electron chi connectivity index (χ1n) is 11.0. The Morgan fingerprint density at radius 2 is 1.76 bits per heavy atom. The molecule has 0 aliphatic carbocycles. The second-order valence-electron chi connectivity index (χ2n) is 8.35. The fourth-order valence-corrected chi connectivity index (χ4v) is 5.17. The predicted molar refractivity (Wildman–Crippen MR) is 127 cm³/mol. The highest BCUT2D eigenvalue weighted by molar-refractivity contribution is 7.13. The maximum Gasteiger partial charge on any atom is 0.261 e.